The lowest BCUT2D eigenvalue weighted by molar-refractivity contribution is -0.137. The third-order valence-corrected chi connectivity index (χ3v) is 5.71. The van der Waals surface area contributed by atoms with Gasteiger partial charge in [0, 0.05) is 10.3 Å². The quantitative estimate of drug-likeness (QED) is 0.487. The fourth-order valence-electron chi connectivity index (χ4n) is 3.00. The van der Waals surface area contributed by atoms with E-state index in [1.54, 1.807) is 30.3 Å². The first-order valence-corrected chi connectivity index (χ1v) is 10.1. The van der Waals surface area contributed by atoms with Gasteiger partial charge in [0.05, 0.1) is 10.4 Å². The highest BCUT2D eigenvalue weighted by Crippen LogP contribution is 2.40. The summed E-state index contributed by atoms with van der Waals surface area (Å²) in [6, 6.07) is 15.8. The molecule has 3 rings (SSSR count). The van der Waals surface area contributed by atoms with Gasteiger partial charge in [0.1, 0.15) is 11.9 Å². The monoisotopic (exact) mass is 433 g/mol. The molecule has 1 unspecified atom stereocenters. The molecular formula is C23H22F3NO2S. The summed E-state index contributed by atoms with van der Waals surface area (Å²) in [5.74, 6) is 0.152. The molecule has 0 aliphatic carbocycles. The number of alkyl halides is 3. The summed E-state index contributed by atoms with van der Waals surface area (Å²) in [6.45, 7) is 6.12. The second kappa shape index (κ2) is 8.14. The van der Waals surface area contributed by atoms with Gasteiger partial charge in [-0.05, 0) is 47.5 Å². The van der Waals surface area contributed by atoms with Gasteiger partial charge >= 0.3 is 6.18 Å². The highest BCUT2D eigenvalue weighted by atomic mass is 32.1. The predicted molar refractivity (Wildman–Crippen MR) is 113 cm³/mol. The van der Waals surface area contributed by atoms with Crippen LogP contribution >= 0.6 is 11.3 Å². The molecule has 1 heterocycles. The molecule has 0 saturated heterocycles. The third-order valence-electron chi connectivity index (χ3n) is 4.57. The summed E-state index contributed by atoms with van der Waals surface area (Å²) in [5.41, 5.74) is 5.92. The summed E-state index contributed by atoms with van der Waals surface area (Å²) in [5, 5.41) is 0. The Balaban J connectivity index is 1.81. The Morgan fingerprint density at radius 2 is 1.43 bits per heavy atom. The number of nitrogens with two attached hydrogens (primary N) is 1. The number of primary amides is 1. The minimum Gasteiger partial charge on any atom is -0.484 e. The maximum atomic E-state index is 12.7. The SMILES string of the molecule is CC(C)(C)C(Oc1ccc(-c2ccc(C(F)(F)F)cc2)cc1)c1ccc(C(N)=O)s1. The maximum Gasteiger partial charge on any atom is 0.416 e. The van der Waals surface area contributed by atoms with Crippen LogP contribution in [0.4, 0.5) is 13.2 Å². The van der Waals surface area contributed by atoms with Crippen molar-refractivity contribution in [3.05, 3.63) is 76.0 Å². The van der Waals surface area contributed by atoms with E-state index in [-0.39, 0.29) is 11.5 Å². The Hall–Kier alpha value is -2.80. The first-order chi connectivity index (χ1) is 13.9. The molecule has 30 heavy (non-hydrogen) atoms. The first-order valence-electron chi connectivity index (χ1n) is 9.29. The Morgan fingerprint density at radius 3 is 1.87 bits per heavy atom. The highest BCUT2D eigenvalue weighted by Gasteiger charge is 2.31. The van der Waals surface area contributed by atoms with Crippen molar-refractivity contribution in [3.8, 4) is 16.9 Å². The van der Waals surface area contributed by atoms with Crippen molar-refractivity contribution in [2.45, 2.75) is 33.1 Å². The molecule has 0 aliphatic rings. The van der Waals surface area contributed by atoms with Crippen LogP contribution in [0.5, 0.6) is 5.75 Å². The van der Waals surface area contributed by atoms with Crippen molar-refractivity contribution in [2.75, 3.05) is 0 Å². The molecule has 2 aromatic carbocycles. The van der Waals surface area contributed by atoms with Crippen molar-refractivity contribution in [1.29, 1.82) is 0 Å². The van der Waals surface area contributed by atoms with Gasteiger partial charge in [-0.1, -0.05) is 45.0 Å². The average Bonchev–Trinajstić information content (AvgIpc) is 3.15. The van der Waals surface area contributed by atoms with E-state index in [9.17, 15) is 18.0 Å². The summed E-state index contributed by atoms with van der Waals surface area (Å²) in [4.78, 5) is 12.8. The fraction of sp³-hybridized carbons (Fsp3) is 0.261. The van der Waals surface area contributed by atoms with Crippen LogP contribution in [0.2, 0.25) is 0 Å². The molecule has 1 amide bonds. The number of hydrogen-bond acceptors (Lipinski definition) is 3. The van der Waals surface area contributed by atoms with Crippen LogP contribution in [0.15, 0.2) is 60.7 Å². The molecule has 158 valence electrons. The molecule has 1 aromatic heterocycles. The summed E-state index contributed by atoms with van der Waals surface area (Å²) in [6.07, 6.45) is -4.65. The lowest BCUT2D eigenvalue weighted by Crippen LogP contribution is -2.23. The topological polar surface area (TPSA) is 52.3 Å². The van der Waals surface area contributed by atoms with Crippen LogP contribution in [0, 0.1) is 5.41 Å². The van der Waals surface area contributed by atoms with Gasteiger partial charge in [0.2, 0.25) is 0 Å². The van der Waals surface area contributed by atoms with Crippen LogP contribution in [0.3, 0.4) is 0 Å². The molecule has 0 radical (unpaired) electrons. The van der Waals surface area contributed by atoms with E-state index in [1.165, 1.54) is 23.5 Å². The van der Waals surface area contributed by atoms with Crippen molar-refractivity contribution in [2.24, 2.45) is 11.1 Å². The van der Waals surface area contributed by atoms with E-state index in [0.29, 0.717) is 16.2 Å². The van der Waals surface area contributed by atoms with E-state index in [0.717, 1.165) is 22.6 Å². The van der Waals surface area contributed by atoms with E-state index in [1.807, 2.05) is 26.8 Å². The van der Waals surface area contributed by atoms with Gasteiger partial charge in [-0.2, -0.15) is 13.2 Å². The molecule has 0 spiro atoms. The molecule has 7 heteroatoms. The van der Waals surface area contributed by atoms with Crippen LogP contribution in [-0.2, 0) is 6.18 Å². The van der Waals surface area contributed by atoms with E-state index < -0.39 is 17.6 Å². The molecule has 0 fully saturated rings. The molecular weight excluding hydrogens is 411 g/mol. The Morgan fingerprint density at radius 1 is 0.900 bits per heavy atom. The van der Waals surface area contributed by atoms with Crippen LogP contribution < -0.4 is 10.5 Å². The number of thiophene rings is 1. The summed E-state index contributed by atoms with van der Waals surface area (Å²) in [7, 11) is 0. The van der Waals surface area contributed by atoms with E-state index in [4.69, 9.17) is 10.5 Å². The van der Waals surface area contributed by atoms with E-state index in [2.05, 4.69) is 0 Å². The minimum absolute atomic E-state index is 0.244. The van der Waals surface area contributed by atoms with Gasteiger partial charge in [0.25, 0.3) is 5.91 Å². The number of hydrogen-bond donors (Lipinski definition) is 1. The number of halogens is 3. The summed E-state index contributed by atoms with van der Waals surface area (Å²) >= 11 is 1.31. The zero-order valence-electron chi connectivity index (χ0n) is 16.8. The zero-order valence-corrected chi connectivity index (χ0v) is 17.6. The molecule has 3 aromatic rings. The van der Waals surface area contributed by atoms with Crippen LogP contribution in [0.25, 0.3) is 11.1 Å². The average molecular weight is 433 g/mol. The Bertz CT molecular complexity index is 1020. The van der Waals surface area contributed by atoms with Crippen LogP contribution in [-0.4, -0.2) is 5.91 Å². The van der Waals surface area contributed by atoms with Crippen molar-refractivity contribution in [3.63, 3.8) is 0 Å². The van der Waals surface area contributed by atoms with Gasteiger partial charge in [0.15, 0.2) is 0 Å². The lowest BCUT2D eigenvalue weighted by Gasteiger charge is -2.30. The minimum atomic E-state index is -4.35. The largest absolute Gasteiger partial charge is 0.484 e. The fourth-order valence-corrected chi connectivity index (χ4v) is 4.14. The number of benzene rings is 2. The number of rotatable bonds is 5. The smallest absolute Gasteiger partial charge is 0.416 e. The van der Waals surface area contributed by atoms with Crippen molar-refractivity contribution < 1.29 is 22.7 Å². The molecule has 0 bridgehead atoms. The van der Waals surface area contributed by atoms with E-state index >= 15 is 0 Å². The number of ether oxygens (including phenoxy) is 1. The Labute approximate surface area is 177 Å². The number of carbonyl (C=O) groups excluding carboxylic acids is 1. The maximum absolute atomic E-state index is 12.7. The third kappa shape index (κ3) is 5.02. The molecule has 2 N–H and O–H groups in total. The van der Waals surface area contributed by atoms with Crippen molar-refractivity contribution >= 4 is 17.2 Å². The lowest BCUT2D eigenvalue weighted by atomic mass is 9.88. The normalized spacial score (nSPS) is 13.1. The standard InChI is InChI=1S/C23H22F3NO2S/c1-22(2,3)20(18-12-13-19(30-18)21(27)28)29-17-10-6-15(7-11-17)14-4-8-16(9-5-14)23(24,25)26/h4-13,20H,1-3H3,(H2,27,28). The number of carbonyl (C=O) groups is 1. The second-order valence-electron chi connectivity index (χ2n) is 8.03. The number of amides is 1. The van der Waals surface area contributed by atoms with Crippen LogP contribution in [0.1, 0.15) is 47.0 Å². The van der Waals surface area contributed by atoms with Gasteiger partial charge in [-0.25, -0.2) is 0 Å². The summed E-state index contributed by atoms with van der Waals surface area (Å²) < 4.78 is 44.4. The molecule has 0 saturated carbocycles. The van der Waals surface area contributed by atoms with Crippen molar-refractivity contribution in [1.82, 2.24) is 0 Å². The zero-order chi connectivity index (χ0) is 22.1. The van der Waals surface area contributed by atoms with Gasteiger partial charge < -0.3 is 10.5 Å². The highest BCUT2D eigenvalue weighted by molar-refractivity contribution is 7.14. The predicted octanol–water partition coefficient (Wildman–Crippen LogP) is 6.70. The van der Waals surface area contributed by atoms with Gasteiger partial charge in [-0.3, -0.25) is 4.79 Å². The second-order valence-corrected chi connectivity index (χ2v) is 9.15. The molecule has 1 atom stereocenters. The molecule has 0 aliphatic heterocycles. The Kier molecular flexibility index (Phi) is 5.94. The van der Waals surface area contributed by atoms with Gasteiger partial charge in [-0.15, -0.1) is 11.3 Å². The first kappa shape index (κ1) is 21.9. The molecule has 3 nitrogen and oxygen atoms in total.